The van der Waals surface area contributed by atoms with Gasteiger partial charge in [-0.15, -0.1) is 11.3 Å². The molecule has 0 radical (unpaired) electrons. The summed E-state index contributed by atoms with van der Waals surface area (Å²) in [6.07, 6.45) is 7.40. The van der Waals surface area contributed by atoms with E-state index in [1.807, 2.05) is 17.8 Å². The number of allylic oxidation sites excluding steroid dienone is 2. The van der Waals surface area contributed by atoms with Gasteiger partial charge in [-0.05, 0) is 48.7 Å². The van der Waals surface area contributed by atoms with Crippen LogP contribution in [-0.2, 0) is 0 Å². The lowest BCUT2D eigenvalue weighted by atomic mass is 10.1. The van der Waals surface area contributed by atoms with Crippen molar-refractivity contribution in [1.82, 2.24) is 15.0 Å². The molecule has 132 valence electrons. The van der Waals surface area contributed by atoms with E-state index in [1.165, 1.54) is 16.0 Å². The van der Waals surface area contributed by atoms with Crippen LogP contribution in [0, 0.1) is 0 Å². The molecule has 0 amide bonds. The molecule has 2 N–H and O–H groups in total. The monoisotopic (exact) mass is 362 g/mol. The van der Waals surface area contributed by atoms with Crippen molar-refractivity contribution in [3.63, 3.8) is 0 Å². The Morgan fingerprint density at radius 3 is 2.96 bits per heavy atom. The van der Waals surface area contributed by atoms with E-state index in [1.54, 1.807) is 11.3 Å². The minimum atomic E-state index is 0.918. The minimum Gasteiger partial charge on any atom is -0.355 e. The highest BCUT2D eigenvalue weighted by Crippen LogP contribution is 2.31. The van der Waals surface area contributed by atoms with E-state index >= 15 is 0 Å². The number of nitrogens with zero attached hydrogens (tertiary/aromatic N) is 2. The third-order valence-corrected chi connectivity index (χ3v) is 5.25. The van der Waals surface area contributed by atoms with E-state index < -0.39 is 0 Å². The van der Waals surface area contributed by atoms with Crippen molar-refractivity contribution in [3.05, 3.63) is 53.8 Å². The van der Waals surface area contributed by atoms with E-state index in [4.69, 9.17) is 0 Å². The molecule has 3 aromatic heterocycles. The number of benzene rings is 1. The van der Waals surface area contributed by atoms with Crippen LogP contribution >= 0.6 is 11.3 Å². The molecule has 0 bridgehead atoms. The van der Waals surface area contributed by atoms with Gasteiger partial charge in [-0.25, -0.2) is 9.97 Å². The molecule has 0 atom stereocenters. The molecule has 4 aromatic rings. The Kier molecular flexibility index (Phi) is 4.71. The van der Waals surface area contributed by atoms with Crippen LogP contribution in [0.15, 0.2) is 48.1 Å². The molecule has 26 heavy (non-hydrogen) atoms. The van der Waals surface area contributed by atoms with E-state index in [2.05, 4.69) is 64.5 Å². The van der Waals surface area contributed by atoms with E-state index in [0.29, 0.717) is 0 Å². The highest BCUT2D eigenvalue weighted by atomic mass is 32.1. The number of hydrogen-bond donors (Lipinski definition) is 2. The van der Waals surface area contributed by atoms with Crippen molar-refractivity contribution < 1.29 is 0 Å². The highest BCUT2D eigenvalue weighted by Gasteiger charge is 2.10. The number of H-pyrrole nitrogens is 1. The molecule has 0 aliphatic heterocycles. The van der Waals surface area contributed by atoms with Crippen molar-refractivity contribution in [1.29, 1.82) is 0 Å². The topological polar surface area (TPSA) is 53.6 Å². The molecule has 0 saturated heterocycles. The maximum absolute atomic E-state index is 4.52. The maximum atomic E-state index is 4.52. The first-order chi connectivity index (χ1) is 12.8. The summed E-state index contributed by atoms with van der Waals surface area (Å²) < 4.78 is 1.19. The van der Waals surface area contributed by atoms with Crippen molar-refractivity contribution >= 4 is 49.5 Å². The molecular weight excluding hydrogens is 340 g/mol. The second-order valence-electron chi connectivity index (χ2n) is 6.35. The van der Waals surface area contributed by atoms with Crippen LogP contribution in [0.3, 0.4) is 0 Å². The van der Waals surface area contributed by atoms with Gasteiger partial charge in [0, 0.05) is 23.0 Å². The molecule has 0 spiro atoms. The molecule has 0 aliphatic carbocycles. The third kappa shape index (κ3) is 3.22. The summed E-state index contributed by atoms with van der Waals surface area (Å²) >= 11 is 1.66. The Balaban J connectivity index is 1.72. The van der Waals surface area contributed by atoms with Gasteiger partial charge < -0.3 is 10.3 Å². The van der Waals surface area contributed by atoms with Gasteiger partial charge >= 0.3 is 0 Å². The summed E-state index contributed by atoms with van der Waals surface area (Å²) in [7, 11) is 0. The summed E-state index contributed by atoms with van der Waals surface area (Å²) in [5.41, 5.74) is 8.50. The first kappa shape index (κ1) is 16.8. The van der Waals surface area contributed by atoms with Crippen LogP contribution < -0.4 is 5.32 Å². The number of anilines is 2. The Labute approximate surface area is 157 Å². The number of pyridine rings is 1. The van der Waals surface area contributed by atoms with Gasteiger partial charge in [-0.1, -0.05) is 26.3 Å². The first-order valence-corrected chi connectivity index (χ1v) is 9.94. The first-order valence-electron chi connectivity index (χ1n) is 9.06. The average Bonchev–Trinajstić information content (AvgIpc) is 3.28. The molecule has 3 heterocycles. The molecule has 1 aromatic carbocycles. The van der Waals surface area contributed by atoms with Gasteiger partial charge in [0.15, 0.2) is 0 Å². The summed E-state index contributed by atoms with van der Waals surface area (Å²) in [6.45, 7) is 4.39. The summed E-state index contributed by atoms with van der Waals surface area (Å²) in [4.78, 5) is 12.4. The Morgan fingerprint density at radius 1 is 1.19 bits per heavy atom. The molecule has 0 fully saturated rings. The molecule has 4 rings (SSSR count). The number of thiazole rings is 1. The number of nitrogens with one attached hydrogen (secondary N) is 2. The van der Waals surface area contributed by atoms with E-state index in [-0.39, 0.29) is 0 Å². The van der Waals surface area contributed by atoms with Crippen LogP contribution in [0.25, 0.3) is 26.8 Å². The highest BCUT2D eigenvalue weighted by molar-refractivity contribution is 7.16. The molecule has 4 nitrogen and oxygen atoms in total. The lowest BCUT2D eigenvalue weighted by Gasteiger charge is -2.07. The number of fused-ring (bicyclic) bond motifs is 2. The Morgan fingerprint density at radius 2 is 2.12 bits per heavy atom. The number of aromatic nitrogens is 3. The fourth-order valence-corrected chi connectivity index (χ4v) is 3.98. The van der Waals surface area contributed by atoms with Gasteiger partial charge in [-0.2, -0.15) is 0 Å². The second-order valence-corrected chi connectivity index (χ2v) is 7.24. The van der Waals surface area contributed by atoms with Gasteiger partial charge in [0.25, 0.3) is 0 Å². The van der Waals surface area contributed by atoms with Gasteiger partial charge in [0.05, 0.1) is 21.4 Å². The number of hydrogen-bond acceptors (Lipinski definition) is 4. The summed E-state index contributed by atoms with van der Waals surface area (Å²) in [6, 6.07) is 10.5. The van der Waals surface area contributed by atoms with Crippen LogP contribution in [0.5, 0.6) is 0 Å². The number of rotatable bonds is 6. The molecule has 0 unspecified atom stereocenters. The average molecular weight is 363 g/mol. The molecule has 0 aliphatic rings. The van der Waals surface area contributed by atoms with Crippen molar-refractivity contribution in [2.75, 3.05) is 5.32 Å². The van der Waals surface area contributed by atoms with E-state index in [9.17, 15) is 0 Å². The lowest BCUT2D eigenvalue weighted by Crippen LogP contribution is -1.91. The predicted molar refractivity (Wildman–Crippen MR) is 112 cm³/mol. The van der Waals surface area contributed by atoms with Crippen LogP contribution in [0.2, 0.25) is 0 Å². The summed E-state index contributed by atoms with van der Waals surface area (Å²) in [5, 5.41) is 4.66. The second kappa shape index (κ2) is 7.30. The summed E-state index contributed by atoms with van der Waals surface area (Å²) in [5.74, 6) is 0. The third-order valence-electron chi connectivity index (χ3n) is 4.46. The molecule has 5 heteroatoms. The van der Waals surface area contributed by atoms with Gasteiger partial charge in [0.2, 0.25) is 0 Å². The van der Waals surface area contributed by atoms with Gasteiger partial charge in [-0.3, -0.25) is 0 Å². The fourth-order valence-electron chi connectivity index (χ4n) is 3.26. The molecular formula is C21H22N4S. The standard InChI is InChI=1S/C21H22N4S/c1-3-5-14(6-4-2)19-12-16-17(9-10-22-21(16)25-19)24-15-7-8-18-20(11-15)26-13-23-18/h5,7-13H,3-4,6H2,1-2H3,(H2,22,24,25)/b14-5+. The molecule has 0 saturated carbocycles. The number of aromatic amines is 1. The van der Waals surface area contributed by atoms with Crippen LogP contribution in [0.1, 0.15) is 38.8 Å². The zero-order chi connectivity index (χ0) is 17.9. The van der Waals surface area contributed by atoms with Crippen molar-refractivity contribution in [2.24, 2.45) is 0 Å². The van der Waals surface area contributed by atoms with Crippen LogP contribution in [-0.4, -0.2) is 15.0 Å². The van der Waals surface area contributed by atoms with Crippen molar-refractivity contribution in [2.45, 2.75) is 33.1 Å². The Bertz CT molecular complexity index is 1070. The quantitative estimate of drug-likeness (QED) is 0.411. The van der Waals surface area contributed by atoms with E-state index in [0.717, 1.165) is 47.2 Å². The lowest BCUT2D eigenvalue weighted by molar-refractivity contribution is 0.962. The largest absolute Gasteiger partial charge is 0.355 e. The fraction of sp³-hybridized carbons (Fsp3) is 0.238. The SMILES string of the molecule is CC/C=C(\CCC)c1cc2c(Nc3ccc4ncsc4c3)ccnc2[nH]1. The predicted octanol–water partition coefficient (Wildman–Crippen LogP) is 6.51. The minimum absolute atomic E-state index is 0.918. The van der Waals surface area contributed by atoms with Crippen LogP contribution in [0.4, 0.5) is 11.4 Å². The Hall–Kier alpha value is -2.66. The smallest absolute Gasteiger partial charge is 0.139 e. The normalized spacial score (nSPS) is 12.2. The zero-order valence-corrected chi connectivity index (χ0v) is 15.9. The van der Waals surface area contributed by atoms with Gasteiger partial charge in [0.1, 0.15) is 5.65 Å². The maximum Gasteiger partial charge on any atom is 0.139 e. The van der Waals surface area contributed by atoms with Crippen molar-refractivity contribution in [3.8, 4) is 0 Å². The zero-order valence-electron chi connectivity index (χ0n) is 15.0.